The van der Waals surface area contributed by atoms with Gasteiger partial charge < -0.3 is 24.3 Å². The van der Waals surface area contributed by atoms with Crippen molar-refractivity contribution >= 4 is 28.3 Å². The van der Waals surface area contributed by atoms with Gasteiger partial charge in [-0.05, 0) is 28.3 Å². The van der Waals surface area contributed by atoms with Gasteiger partial charge in [0.25, 0.3) is 0 Å². The van der Waals surface area contributed by atoms with E-state index in [4.69, 9.17) is 30.5 Å². The van der Waals surface area contributed by atoms with Gasteiger partial charge in [0.1, 0.15) is 12.2 Å². The van der Waals surface area contributed by atoms with Crippen LogP contribution < -0.4 is 5.32 Å². The van der Waals surface area contributed by atoms with Crippen LogP contribution in [0.5, 0.6) is 0 Å². The van der Waals surface area contributed by atoms with Crippen LogP contribution in [-0.2, 0) is 38.8 Å². The Morgan fingerprint density at radius 1 is 0.795 bits per heavy atom. The van der Waals surface area contributed by atoms with E-state index in [0.717, 1.165) is 16.7 Å². The van der Waals surface area contributed by atoms with E-state index in [9.17, 15) is 0 Å². The number of nitrogens with zero attached hydrogens (tertiary/aromatic N) is 2. The maximum Gasteiger partial charge on any atom is 0.236 e. The van der Waals surface area contributed by atoms with Crippen molar-refractivity contribution < 1.29 is 18.9 Å². The van der Waals surface area contributed by atoms with Crippen molar-refractivity contribution in [3.8, 4) is 0 Å². The van der Waals surface area contributed by atoms with Gasteiger partial charge in [-0.1, -0.05) is 91.0 Å². The van der Waals surface area contributed by atoms with Crippen LogP contribution in [-0.4, -0.2) is 47.4 Å². The summed E-state index contributed by atoms with van der Waals surface area (Å²) in [7, 11) is 0. The van der Waals surface area contributed by atoms with E-state index in [1.807, 2.05) is 54.6 Å². The molecule has 5 rings (SSSR count). The predicted molar refractivity (Wildman–Crippen MR) is 153 cm³/mol. The molecule has 0 spiro atoms. The highest BCUT2D eigenvalue weighted by molar-refractivity contribution is 7.09. The zero-order valence-electron chi connectivity index (χ0n) is 21.5. The molecule has 1 fully saturated rings. The summed E-state index contributed by atoms with van der Waals surface area (Å²) in [5.74, 6) is 0.00235. The van der Waals surface area contributed by atoms with Gasteiger partial charge in [0.15, 0.2) is 0 Å². The fourth-order valence-corrected chi connectivity index (χ4v) is 5.28. The highest BCUT2D eigenvalue weighted by Gasteiger charge is 2.42. The number of anilines is 1. The van der Waals surface area contributed by atoms with Crippen molar-refractivity contribution in [2.45, 2.75) is 38.1 Å². The Kier molecular flexibility index (Phi) is 10.3. The van der Waals surface area contributed by atoms with E-state index in [1.54, 1.807) is 0 Å². The molecule has 39 heavy (non-hydrogen) atoms. The van der Waals surface area contributed by atoms with Crippen LogP contribution in [0.15, 0.2) is 91.0 Å². The molecule has 2 heterocycles. The minimum atomic E-state index is -0.344. The third-order valence-corrected chi connectivity index (χ3v) is 7.50. The summed E-state index contributed by atoms with van der Waals surface area (Å²) in [4.78, 5) is 4.22. The number of ether oxygens (including phenoxy) is 4. The minimum Gasteiger partial charge on any atom is -0.374 e. The largest absolute Gasteiger partial charge is 0.374 e. The Labute approximate surface area is 238 Å². The Morgan fingerprint density at radius 3 is 1.92 bits per heavy atom. The summed E-state index contributed by atoms with van der Waals surface area (Å²) in [6.45, 7) is 2.88. The Hall–Kier alpha value is -2.85. The third-order valence-electron chi connectivity index (χ3n) is 6.56. The standard InChI is InChI=1S/C30H32ClN3O4S/c31-29-33-30(39-34-29)32-16-25-20-36-26(21-35-17-22-10-4-1-5-11-22)28(38-19-24-14-8-3-9-15-24)27(25)37-18-23-12-6-2-7-13-23/h1-15,25-28H,16-21H2,(H,32,33,34)/t25-,26-,27-,28+/m1/s1. The number of rotatable bonds is 13. The first-order valence-electron chi connectivity index (χ1n) is 13.0. The van der Waals surface area contributed by atoms with E-state index < -0.39 is 0 Å². The van der Waals surface area contributed by atoms with Gasteiger partial charge in [0, 0.05) is 24.0 Å². The molecular formula is C30H32ClN3O4S. The Morgan fingerprint density at radius 2 is 1.36 bits per heavy atom. The maximum absolute atomic E-state index is 6.61. The average molecular weight is 566 g/mol. The van der Waals surface area contributed by atoms with Gasteiger partial charge in [-0.2, -0.15) is 9.36 Å². The second-order valence-electron chi connectivity index (χ2n) is 9.40. The molecule has 4 atom stereocenters. The van der Waals surface area contributed by atoms with Crippen LogP contribution in [0, 0.1) is 5.92 Å². The lowest BCUT2D eigenvalue weighted by atomic mass is 9.91. The molecule has 1 N–H and O–H groups in total. The first-order chi connectivity index (χ1) is 19.2. The summed E-state index contributed by atoms with van der Waals surface area (Å²) in [6, 6.07) is 30.4. The molecule has 9 heteroatoms. The van der Waals surface area contributed by atoms with E-state index in [2.05, 4.69) is 51.1 Å². The van der Waals surface area contributed by atoms with Crippen LogP contribution in [0.3, 0.4) is 0 Å². The average Bonchev–Trinajstić information content (AvgIpc) is 3.41. The molecule has 204 valence electrons. The van der Waals surface area contributed by atoms with Crippen LogP contribution in [0.1, 0.15) is 16.7 Å². The Bertz CT molecular complexity index is 1250. The van der Waals surface area contributed by atoms with E-state index in [-0.39, 0.29) is 29.5 Å². The van der Waals surface area contributed by atoms with E-state index in [0.29, 0.717) is 44.7 Å². The molecule has 0 unspecified atom stereocenters. The second kappa shape index (κ2) is 14.5. The molecule has 1 saturated heterocycles. The second-order valence-corrected chi connectivity index (χ2v) is 10.5. The molecule has 0 bridgehead atoms. The third kappa shape index (κ3) is 8.32. The van der Waals surface area contributed by atoms with Gasteiger partial charge in [-0.3, -0.25) is 0 Å². The predicted octanol–water partition coefficient (Wildman–Crippen LogP) is 6.01. The van der Waals surface area contributed by atoms with Crippen molar-refractivity contribution in [1.29, 1.82) is 0 Å². The molecule has 0 amide bonds. The van der Waals surface area contributed by atoms with Crippen LogP contribution in [0.25, 0.3) is 0 Å². The number of aromatic nitrogens is 2. The first-order valence-corrected chi connectivity index (χ1v) is 14.2. The topological polar surface area (TPSA) is 74.7 Å². The fraction of sp³-hybridized carbons (Fsp3) is 0.333. The van der Waals surface area contributed by atoms with Crippen molar-refractivity contribution in [3.63, 3.8) is 0 Å². The quantitative estimate of drug-likeness (QED) is 0.213. The van der Waals surface area contributed by atoms with Crippen molar-refractivity contribution in [2.75, 3.05) is 25.1 Å². The molecule has 1 aliphatic heterocycles. The lowest BCUT2D eigenvalue weighted by Crippen LogP contribution is -2.55. The van der Waals surface area contributed by atoms with Gasteiger partial charge in [0.2, 0.25) is 10.4 Å². The highest BCUT2D eigenvalue weighted by Crippen LogP contribution is 2.29. The van der Waals surface area contributed by atoms with Crippen molar-refractivity contribution in [3.05, 3.63) is 113 Å². The van der Waals surface area contributed by atoms with Gasteiger partial charge in [0.05, 0.1) is 39.1 Å². The lowest BCUT2D eigenvalue weighted by molar-refractivity contribution is -0.217. The smallest absolute Gasteiger partial charge is 0.236 e. The summed E-state index contributed by atoms with van der Waals surface area (Å²) in [5.41, 5.74) is 3.31. The van der Waals surface area contributed by atoms with E-state index in [1.165, 1.54) is 11.5 Å². The van der Waals surface area contributed by atoms with Crippen LogP contribution in [0.4, 0.5) is 5.13 Å². The molecule has 0 aliphatic carbocycles. The number of hydrogen-bond donors (Lipinski definition) is 1. The number of hydrogen-bond acceptors (Lipinski definition) is 8. The monoisotopic (exact) mass is 565 g/mol. The molecule has 0 saturated carbocycles. The number of benzene rings is 3. The van der Waals surface area contributed by atoms with Crippen LogP contribution in [0.2, 0.25) is 5.28 Å². The summed E-state index contributed by atoms with van der Waals surface area (Å²) in [6.07, 6.45) is -0.877. The van der Waals surface area contributed by atoms with Gasteiger partial charge in [-0.25, -0.2) is 0 Å². The fourth-order valence-electron chi connectivity index (χ4n) is 4.56. The lowest BCUT2D eigenvalue weighted by Gasteiger charge is -2.42. The zero-order chi connectivity index (χ0) is 26.7. The van der Waals surface area contributed by atoms with Gasteiger partial charge in [-0.15, -0.1) is 0 Å². The summed E-state index contributed by atoms with van der Waals surface area (Å²) < 4.78 is 29.7. The highest BCUT2D eigenvalue weighted by atomic mass is 35.5. The number of halogens is 1. The van der Waals surface area contributed by atoms with E-state index >= 15 is 0 Å². The molecule has 1 aliphatic rings. The van der Waals surface area contributed by atoms with Crippen LogP contribution >= 0.6 is 23.1 Å². The SMILES string of the molecule is Clc1nsc(NC[C@@H]2CO[C@H](COCc3ccccc3)[C@H](OCc3ccccc3)[C@@H]2OCc2ccccc2)n1. The summed E-state index contributed by atoms with van der Waals surface area (Å²) >= 11 is 7.16. The van der Waals surface area contributed by atoms with Crippen molar-refractivity contribution in [1.82, 2.24) is 9.36 Å². The zero-order valence-corrected chi connectivity index (χ0v) is 23.1. The molecule has 0 radical (unpaired) electrons. The van der Waals surface area contributed by atoms with Gasteiger partial charge >= 0.3 is 0 Å². The maximum atomic E-state index is 6.61. The number of nitrogens with one attached hydrogen (secondary N) is 1. The molecule has 1 aromatic heterocycles. The summed E-state index contributed by atoms with van der Waals surface area (Å²) in [5, 5.41) is 4.25. The molecular weight excluding hydrogens is 534 g/mol. The molecule has 3 aromatic carbocycles. The minimum absolute atomic E-state index is 0.00235. The Balaban J connectivity index is 1.32. The molecule has 7 nitrogen and oxygen atoms in total. The first kappa shape index (κ1) is 27.7. The van der Waals surface area contributed by atoms with Crippen molar-refractivity contribution in [2.24, 2.45) is 5.92 Å². The normalized spacial score (nSPS) is 21.1. The molecule has 4 aromatic rings.